The lowest BCUT2D eigenvalue weighted by atomic mass is 9.95. The summed E-state index contributed by atoms with van der Waals surface area (Å²) in [4.78, 5) is 9.10. The molecular weight excluding hydrogens is 356 g/mol. The normalized spacial score (nSPS) is 20.5. The van der Waals surface area contributed by atoms with Gasteiger partial charge in [-0.25, -0.2) is 4.98 Å². The summed E-state index contributed by atoms with van der Waals surface area (Å²) in [5, 5.41) is 15.3. The smallest absolute Gasteiger partial charge is 0.222 e. The Hall–Kier alpha value is -3.35. The highest BCUT2D eigenvalue weighted by Gasteiger charge is 2.27. The number of aromatic nitrogens is 2. The van der Waals surface area contributed by atoms with E-state index in [4.69, 9.17) is 14.5 Å². The summed E-state index contributed by atoms with van der Waals surface area (Å²) >= 11 is 0. The Bertz CT molecular complexity index is 1080. The van der Waals surface area contributed by atoms with Crippen LogP contribution >= 0.6 is 0 Å². The lowest BCUT2D eigenvalue weighted by molar-refractivity contribution is 0.243. The maximum atomic E-state index is 10.6. The second kappa shape index (κ2) is 6.67. The highest BCUT2D eigenvalue weighted by molar-refractivity contribution is 5.85. The molecule has 7 heteroatoms. The lowest BCUT2D eigenvalue weighted by Crippen LogP contribution is -2.21. The Kier molecular flexibility index (Phi) is 4.00. The van der Waals surface area contributed by atoms with Gasteiger partial charge in [0, 0.05) is 18.7 Å². The fourth-order valence-electron chi connectivity index (χ4n) is 3.83. The molecule has 0 aliphatic carbocycles. The van der Waals surface area contributed by atoms with Crippen LogP contribution in [0.3, 0.4) is 0 Å². The van der Waals surface area contributed by atoms with E-state index in [1.807, 2.05) is 42.6 Å². The number of methoxy groups -OCH3 is 1. The van der Waals surface area contributed by atoms with Gasteiger partial charge in [-0.1, -0.05) is 18.2 Å². The molecule has 142 valence electrons. The lowest BCUT2D eigenvalue weighted by Gasteiger charge is -2.25. The van der Waals surface area contributed by atoms with E-state index < -0.39 is 0 Å². The molecule has 0 saturated heterocycles. The Morgan fingerprint density at radius 3 is 2.96 bits per heavy atom. The molecule has 3 aromatic rings. The number of aromatic hydroxyl groups is 1. The van der Waals surface area contributed by atoms with E-state index in [9.17, 15) is 5.11 Å². The van der Waals surface area contributed by atoms with Crippen molar-refractivity contribution in [1.82, 2.24) is 15.4 Å². The number of para-hydroxylation sites is 1. The van der Waals surface area contributed by atoms with Crippen molar-refractivity contribution in [3.05, 3.63) is 53.3 Å². The molecule has 0 bridgehead atoms. The summed E-state index contributed by atoms with van der Waals surface area (Å²) in [7, 11) is 1.64. The van der Waals surface area contributed by atoms with Crippen LogP contribution < -0.4 is 14.9 Å². The van der Waals surface area contributed by atoms with E-state index in [0.717, 1.165) is 41.1 Å². The van der Waals surface area contributed by atoms with Crippen molar-refractivity contribution in [2.24, 2.45) is 5.10 Å². The third kappa shape index (κ3) is 2.79. The maximum absolute atomic E-state index is 10.6. The second-order valence-electron chi connectivity index (χ2n) is 7.09. The van der Waals surface area contributed by atoms with E-state index in [-0.39, 0.29) is 17.7 Å². The van der Waals surface area contributed by atoms with Crippen LogP contribution in [0.5, 0.6) is 17.4 Å². The molecule has 28 heavy (non-hydrogen) atoms. The minimum absolute atomic E-state index is 0.00110. The van der Waals surface area contributed by atoms with Crippen LogP contribution in [0.25, 0.3) is 10.9 Å². The summed E-state index contributed by atoms with van der Waals surface area (Å²) in [6.07, 6.45) is 2.61. The van der Waals surface area contributed by atoms with E-state index >= 15 is 0 Å². The fraction of sp³-hybridized carbons (Fsp3) is 0.286. The predicted molar refractivity (Wildman–Crippen MR) is 105 cm³/mol. The Morgan fingerprint density at radius 1 is 1.21 bits per heavy atom. The average molecular weight is 376 g/mol. The van der Waals surface area contributed by atoms with E-state index in [1.54, 1.807) is 7.11 Å². The van der Waals surface area contributed by atoms with Gasteiger partial charge in [0.05, 0.1) is 30.5 Å². The first kappa shape index (κ1) is 16.8. The van der Waals surface area contributed by atoms with Crippen LogP contribution in [0, 0.1) is 0 Å². The SMILES string of the molecule is COc1cccc2c1OCC(c1nc(O)c3cc(C4C=NNC4)ccc3n1)C2. The van der Waals surface area contributed by atoms with Crippen LogP contribution in [0.1, 0.15) is 28.8 Å². The van der Waals surface area contributed by atoms with Crippen molar-refractivity contribution < 1.29 is 14.6 Å². The minimum atomic E-state index is -0.0271. The number of hydrogen-bond acceptors (Lipinski definition) is 7. The molecule has 0 spiro atoms. The number of hydrogen-bond donors (Lipinski definition) is 2. The first-order valence-electron chi connectivity index (χ1n) is 9.28. The third-order valence-electron chi connectivity index (χ3n) is 5.34. The topological polar surface area (TPSA) is 88.9 Å². The van der Waals surface area contributed by atoms with Gasteiger partial charge >= 0.3 is 0 Å². The quantitative estimate of drug-likeness (QED) is 0.731. The van der Waals surface area contributed by atoms with Gasteiger partial charge in [-0.05, 0) is 35.7 Å². The molecule has 2 unspecified atom stereocenters. The van der Waals surface area contributed by atoms with Crippen LogP contribution in [0.2, 0.25) is 0 Å². The van der Waals surface area contributed by atoms with Crippen molar-refractivity contribution >= 4 is 17.1 Å². The van der Waals surface area contributed by atoms with Crippen molar-refractivity contribution in [2.75, 3.05) is 20.3 Å². The number of nitrogens with zero attached hydrogens (tertiary/aromatic N) is 3. The van der Waals surface area contributed by atoms with Crippen molar-refractivity contribution in [3.63, 3.8) is 0 Å². The molecule has 5 rings (SSSR count). The first-order chi connectivity index (χ1) is 13.7. The Morgan fingerprint density at radius 2 is 2.14 bits per heavy atom. The average Bonchev–Trinajstić information content (AvgIpc) is 3.27. The Balaban J connectivity index is 1.48. The largest absolute Gasteiger partial charge is 0.493 e. The van der Waals surface area contributed by atoms with Crippen LogP contribution in [0.4, 0.5) is 0 Å². The van der Waals surface area contributed by atoms with Crippen LogP contribution in [0.15, 0.2) is 41.5 Å². The number of rotatable bonds is 3. The minimum Gasteiger partial charge on any atom is -0.493 e. The molecule has 0 radical (unpaired) electrons. The first-order valence-corrected chi connectivity index (χ1v) is 9.28. The van der Waals surface area contributed by atoms with Gasteiger partial charge in [-0.2, -0.15) is 10.1 Å². The number of ether oxygens (including phenoxy) is 2. The van der Waals surface area contributed by atoms with Gasteiger partial charge in [0.1, 0.15) is 5.82 Å². The van der Waals surface area contributed by atoms with Gasteiger partial charge in [-0.15, -0.1) is 0 Å². The van der Waals surface area contributed by atoms with E-state index in [0.29, 0.717) is 17.8 Å². The third-order valence-corrected chi connectivity index (χ3v) is 5.34. The summed E-state index contributed by atoms with van der Waals surface area (Å²) in [5.74, 6) is 2.28. The molecule has 2 atom stereocenters. The zero-order valence-electron chi connectivity index (χ0n) is 15.4. The highest BCUT2D eigenvalue weighted by atomic mass is 16.5. The number of hydrazone groups is 1. The van der Waals surface area contributed by atoms with Gasteiger partial charge in [0.2, 0.25) is 5.88 Å². The molecule has 2 aliphatic rings. The van der Waals surface area contributed by atoms with E-state index in [1.165, 1.54) is 0 Å². The molecule has 1 aromatic heterocycles. The van der Waals surface area contributed by atoms with Gasteiger partial charge in [0.25, 0.3) is 0 Å². The summed E-state index contributed by atoms with van der Waals surface area (Å²) in [6.45, 7) is 1.20. The molecule has 0 fully saturated rings. The zero-order valence-corrected chi connectivity index (χ0v) is 15.4. The monoisotopic (exact) mass is 376 g/mol. The van der Waals surface area contributed by atoms with Gasteiger partial charge in [0.15, 0.2) is 11.5 Å². The molecular formula is C21H20N4O3. The van der Waals surface area contributed by atoms with Crippen molar-refractivity contribution in [1.29, 1.82) is 0 Å². The number of fused-ring (bicyclic) bond motifs is 2. The molecule has 7 nitrogen and oxygen atoms in total. The fourth-order valence-corrected chi connectivity index (χ4v) is 3.83. The standard InChI is InChI=1S/C21H20N4O3/c1-27-18-4-2-3-13-7-14(11-28-19(13)18)20-24-17-6-5-12(15-9-22-23-10-15)8-16(17)21(26)25-20/h2-6,8-9,14-15,23H,7,10-11H2,1H3,(H,24,25,26). The summed E-state index contributed by atoms with van der Waals surface area (Å²) in [5.41, 5.74) is 5.82. The van der Waals surface area contributed by atoms with Crippen LogP contribution in [-0.4, -0.2) is 41.6 Å². The van der Waals surface area contributed by atoms with Gasteiger partial charge in [-0.3, -0.25) is 0 Å². The molecule has 2 aliphatic heterocycles. The van der Waals surface area contributed by atoms with Gasteiger partial charge < -0.3 is 20.0 Å². The number of benzene rings is 2. The van der Waals surface area contributed by atoms with Crippen LogP contribution in [-0.2, 0) is 6.42 Å². The molecule has 2 aromatic carbocycles. The highest BCUT2D eigenvalue weighted by Crippen LogP contribution is 2.39. The molecule has 2 N–H and O–H groups in total. The molecule has 3 heterocycles. The molecule has 0 saturated carbocycles. The van der Waals surface area contributed by atoms with Crippen molar-refractivity contribution in [2.45, 2.75) is 18.3 Å². The number of nitrogens with one attached hydrogen (secondary N) is 1. The van der Waals surface area contributed by atoms with E-state index in [2.05, 4.69) is 15.5 Å². The Labute approximate surface area is 162 Å². The van der Waals surface area contributed by atoms with Crippen molar-refractivity contribution in [3.8, 4) is 17.4 Å². The second-order valence-corrected chi connectivity index (χ2v) is 7.09. The summed E-state index contributed by atoms with van der Waals surface area (Å²) < 4.78 is 11.3. The maximum Gasteiger partial charge on any atom is 0.222 e. The zero-order chi connectivity index (χ0) is 19.1. The summed E-state index contributed by atoms with van der Waals surface area (Å²) in [6, 6.07) is 11.8. The molecule has 0 amide bonds. The predicted octanol–water partition coefficient (Wildman–Crippen LogP) is 2.74.